The van der Waals surface area contributed by atoms with Crippen LogP contribution >= 0.6 is 0 Å². The SMILES string of the molecule is CNC1CCCN(C(C)c2c(F)cccc2OC)C1. The Morgan fingerprint density at radius 1 is 1.47 bits per heavy atom. The van der Waals surface area contributed by atoms with E-state index < -0.39 is 0 Å². The average Bonchev–Trinajstić information content (AvgIpc) is 2.46. The van der Waals surface area contributed by atoms with Crippen molar-refractivity contribution < 1.29 is 9.13 Å². The standard InChI is InChI=1S/C15H23FN2O/c1-11(18-9-5-6-12(10-18)17-2)15-13(16)7-4-8-14(15)19-3/h4,7-8,11-12,17H,5-6,9-10H2,1-3H3. The van der Waals surface area contributed by atoms with Gasteiger partial charge >= 0.3 is 0 Å². The number of nitrogens with one attached hydrogen (secondary N) is 1. The maximum absolute atomic E-state index is 14.1. The predicted octanol–water partition coefficient (Wildman–Crippen LogP) is 2.58. The Bertz CT molecular complexity index is 425. The van der Waals surface area contributed by atoms with E-state index in [1.807, 2.05) is 13.1 Å². The Morgan fingerprint density at radius 3 is 2.95 bits per heavy atom. The lowest BCUT2D eigenvalue weighted by Gasteiger charge is -2.37. The van der Waals surface area contributed by atoms with Crippen LogP contribution in [0.1, 0.15) is 31.4 Å². The van der Waals surface area contributed by atoms with Crippen LogP contribution in [0.15, 0.2) is 18.2 Å². The summed E-state index contributed by atoms with van der Waals surface area (Å²) in [5.41, 5.74) is 0.668. The zero-order valence-electron chi connectivity index (χ0n) is 11.9. The van der Waals surface area contributed by atoms with Crippen LogP contribution in [0.25, 0.3) is 0 Å². The molecule has 0 radical (unpaired) electrons. The smallest absolute Gasteiger partial charge is 0.131 e. The van der Waals surface area contributed by atoms with Gasteiger partial charge in [-0.05, 0) is 45.5 Å². The third-order valence-corrected chi connectivity index (χ3v) is 4.06. The number of nitrogens with zero attached hydrogens (tertiary/aromatic N) is 1. The second kappa shape index (κ2) is 6.35. The van der Waals surface area contributed by atoms with E-state index in [1.165, 1.54) is 12.5 Å². The van der Waals surface area contributed by atoms with Crippen molar-refractivity contribution in [3.05, 3.63) is 29.6 Å². The molecule has 1 fully saturated rings. The minimum absolute atomic E-state index is 0.0345. The average molecular weight is 266 g/mol. The summed E-state index contributed by atoms with van der Waals surface area (Å²) in [5.74, 6) is 0.456. The number of hydrogen-bond acceptors (Lipinski definition) is 3. The lowest BCUT2D eigenvalue weighted by molar-refractivity contribution is 0.144. The first-order valence-corrected chi connectivity index (χ1v) is 6.91. The summed E-state index contributed by atoms with van der Waals surface area (Å²) < 4.78 is 19.4. The number of benzene rings is 1. The zero-order chi connectivity index (χ0) is 13.8. The van der Waals surface area contributed by atoms with Crippen LogP contribution in [0.2, 0.25) is 0 Å². The van der Waals surface area contributed by atoms with E-state index in [0.717, 1.165) is 19.5 Å². The van der Waals surface area contributed by atoms with Crippen molar-refractivity contribution >= 4 is 0 Å². The summed E-state index contributed by atoms with van der Waals surface area (Å²) in [6.07, 6.45) is 2.33. The third-order valence-electron chi connectivity index (χ3n) is 4.06. The minimum atomic E-state index is -0.182. The maximum Gasteiger partial charge on any atom is 0.131 e. The first-order chi connectivity index (χ1) is 9.17. The minimum Gasteiger partial charge on any atom is -0.496 e. The zero-order valence-corrected chi connectivity index (χ0v) is 11.9. The number of ether oxygens (including phenoxy) is 1. The molecule has 106 valence electrons. The molecule has 2 unspecified atom stereocenters. The number of likely N-dealkylation sites (tertiary alicyclic amines) is 1. The molecule has 3 nitrogen and oxygen atoms in total. The van der Waals surface area contributed by atoms with E-state index >= 15 is 0 Å². The highest BCUT2D eigenvalue weighted by molar-refractivity contribution is 5.37. The predicted molar refractivity (Wildman–Crippen MR) is 75.0 cm³/mol. The summed E-state index contributed by atoms with van der Waals surface area (Å²) >= 11 is 0. The van der Waals surface area contributed by atoms with Crippen molar-refractivity contribution in [2.24, 2.45) is 0 Å². The first kappa shape index (κ1) is 14.3. The fourth-order valence-corrected chi connectivity index (χ4v) is 2.88. The van der Waals surface area contributed by atoms with Gasteiger partial charge in [0, 0.05) is 24.2 Å². The van der Waals surface area contributed by atoms with E-state index in [0.29, 0.717) is 17.4 Å². The molecule has 19 heavy (non-hydrogen) atoms. The van der Waals surface area contributed by atoms with Gasteiger partial charge < -0.3 is 10.1 Å². The molecule has 1 aromatic rings. The summed E-state index contributed by atoms with van der Waals surface area (Å²) in [7, 11) is 3.58. The Hall–Kier alpha value is -1.13. The summed E-state index contributed by atoms with van der Waals surface area (Å²) in [4.78, 5) is 2.33. The van der Waals surface area contributed by atoms with Gasteiger partial charge in [0.15, 0.2) is 0 Å². The summed E-state index contributed by atoms with van der Waals surface area (Å²) in [5, 5.41) is 3.32. The van der Waals surface area contributed by atoms with Crippen LogP contribution in [0.5, 0.6) is 5.75 Å². The Kier molecular flexibility index (Phi) is 4.77. The van der Waals surface area contributed by atoms with Crippen molar-refractivity contribution in [1.82, 2.24) is 10.2 Å². The highest BCUT2D eigenvalue weighted by Crippen LogP contribution is 2.32. The topological polar surface area (TPSA) is 24.5 Å². The van der Waals surface area contributed by atoms with Gasteiger partial charge in [0.25, 0.3) is 0 Å². The number of hydrogen-bond donors (Lipinski definition) is 1. The van der Waals surface area contributed by atoms with Crippen molar-refractivity contribution in [1.29, 1.82) is 0 Å². The fourth-order valence-electron chi connectivity index (χ4n) is 2.88. The highest BCUT2D eigenvalue weighted by Gasteiger charge is 2.27. The third kappa shape index (κ3) is 3.07. The Morgan fingerprint density at radius 2 is 2.26 bits per heavy atom. The van der Waals surface area contributed by atoms with Crippen molar-refractivity contribution in [3.8, 4) is 5.75 Å². The molecule has 0 spiro atoms. The number of halogens is 1. The molecule has 1 saturated heterocycles. The second-order valence-electron chi connectivity index (χ2n) is 5.15. The van der Waals surface area contributed by atoms with Crippen LogP contribution in [0, 0.1) is 5.82 Å². The molecule has 0 bridgehead atoms. The quantitative estimate of drug-likeness (QED) is 0.906. The number of methoxy groups -OCH3 is 1. The van der Waals surface area contributed by atoms with E-state index in [9.17, 15) is 4.39 Å². The largest absolute Gasteiger partial charge is 0.496 e. The first-order valence-electron chi connectivity index (χ1n) is 6.91. The lowest BCUT2D eigenvalue weighted by Crippen LogP contribution is -2.45. The van der Waals surface area contributed by atoms with E-state index in [-0.39, 0.29) is 11.9 Å². The van der Waals surface area contributed by atoms with Crippen molar-refractivity contribution in [3.63, 3.8) is 0 Å². The van der Waals surface area contributed by atoms with E-state index in [2.05, 4.69) is 17.1 Å². The molecule has 0 saturated carbocycles. The van der Waals surface area contributed by atoms with Crippen LogP contribution in [0.3, 0.4) is 0 Å². The van der Waals surface area contributed by atoms with Crippen molar-refractivity contribution in [2.45, 2.75) is 31.8 Å². The molecule has 2 rings (SSSR count). The Labute approximate surface area is 114 Å². The van der Waals surface area contributed by atoms with Gasteiger partial charge in [-0.3, -0.25) is 4.90 Å². The fraction of sp³-hybridized carbons (Fsp3) is 0.600. The molecule has 1 N–H and O–H groups in total. The number of likely N-dealkylation sites (N-methyl/N-ethyl adjacent to an activating group) is 1. The lowest BCUT2D eigenvalue weighted by atomic mass is 9.99. The number of rotatable bonds is 4. The van der Waals surface area contributed by atoms with Gasteiger partial charge in [0.1, 0.15) is 11.6 Å². The molecule has 1 aromatic carbocycles. The van der Waals surface area contributed by atoms with Crippen LogP contribution in [0.4, 0.5) is 4.39 Å². The van der Waals surface area contributed by atoms with Gasteiger partial charge in [0.05, 0.1) is 7.11 Å². The molecule has 2 atom stereocenters. The molecule has 1 aliphatic heterocycles. The second-order valence-corrected chi connectivity index (χ2v) is 5.15. The van der Waals surface area contributed by atoms with E-state index in [1.54, 1.807) is 13.2 Å². The monoisotopic (exact) mass is 266 g/mol. The van der Waals surface area contributed by atoms with Gasteiger partial charge in [0.2, 0.25) is 0 Å². The van der Waals surface area contributed by atoms with Gasteiger partial charge in [-0.15, -0.1) is 0 Å². The summed E-state index contributed by atoms with van der Waals surface area (Å²) in [6.45, 7) is 4.02. The maximum atomic E-state index is 14.1. The van der Waals surface area contributed by atoms with Crippen molar-refractivity contribution in [2.75, 3.05) is 27.2 Å². The molecule has 0 amide bonds. The molecular weight excluding hydrogens is 243 g/mol. The Balaban J connectivity index is 2.21. The molecule has 0 aliphatic carbocycles. The normalized spacial score (nSPS) is 22.2. The molecule has 1 aliphatic rings. The molecule has 4 heteroatoms. The molecular formula is C15H23FN2O. The van der Waals surface area contributed by atoms with Crippen LogP contribution in [-0.2, 0) is 0 Å². The van der Waals surface area contributed by atoms with Gasteiger partial charge in [-0.2, -0.15) is 0 Å². The molecule has 0 aromatic heterocycles. The van der Waals surface area contributed by atoms with Gasteiger partial charge in [-0.25, -0.2) is 4.39 Å². The number of piperidine rings is 1. The molecule has 1 heterocycles. The van der Waals surface area contributed by atoms with Crippen LogP contribution < -0.4 is 10.1 Å². The van der Waals surface area contributed by atoms with E-state index in [4.69, 9.17) is 4.74 Å². The highest BCUT2D eigenvalue weighted by atomic mass is 19.1. The van der Waals surface area contributed by atoms with Crippen LogP contribution in [-0.4, -0.2) is 38.2 Å². The summed E-state index contributed by atoms with van der Waals surface area (Å²) in [6, 6.07) is 5.56. The van der Waals surface area contributed by atoms with Gasteiger partial charge in [-0.1, -0.05) is 6.07 Å².